The molecule has 4 heteroatoms. The van der Waals surface area contributed by atoms with Crippen LogP contribution in [0.2, 0.25) is 0 Å². The molecule has 0 aromatic carbocycles. The third-order valence-corrected chi connectivity index (χ3v) is 2.23. The van der Waals surface area contributed by atoms with Crippen LogP contribution in [0.4, 0.5) is 5.88 Å². The van der Waals surface area contributed by atoms with E-state index < -0.39 is 0 Å². The first kappa shape index (κ1) is 7.61. The number of aromatic nitrogens is 1. The number of rotatable bonds is 1. The van der Waals surface area contributed by atoms with Crippen molar-refractivity contribution < 1.29 is 4.42 Å². The Kier molecular flexibility index (Phi) is 1.99. The number of nitrogens with zero attached hydrogens (tertiary/aromatic N) is 3. The molecule has 0 N–H and O–H groups in total. The molecular weight excluding hydrogens is 154 g/mol. The third kappa shape index (κ3) is 1.43. The highest BCUT2D eigenvalue weighted by atomic mass is 16.4. The molecule has 66 valence electrons. The summed E-state index contributed by atoms with van der Waals surface area (Å²) >= 11 is 0. The fourth-order valence-corrected chi connectivity index (χ4v) is 1.39. The van der Waals surface area contributed by atoms with Crippen LogP contribution >= 0.6 is 0 Å². The van der Waals surface area contributed by atoms with Crippen LogP contribution < -0.4 is 4.90 Å². The molecule has 2 rings (SSSR count). The maximum Gasteiger partial charge on any atom is 0.216 e. The predicted molar refractivity (Wildman–Crippen MR) is 46.2 cm³/mol. The van der Waals surface area contributed by atoms with Gasteiger partial charge in [-0.15, -0.1) is 0 Å². The number of anilines is 1. The van der Waals surface area contributed by atoms with E-state index in [0.29, 0.717) is 0 Å². The quantitative estimate of drug-likeness (QED) is 0.607. The van der Waals surface area contributed by atoms with Gasteiger partial charge >= 0.3 is 0 Å². The molecule has 1 aromatic rings. The van der Waals surface area contributed by atoms with Gasteiger partial charge in [0.05, 0.1) is 6.20 Å². The van der Waals surface area contributed by atoms with Gasteiger partial charge in [-0.2, -0.15) is 0 Å². The monoisotopic (exact) mass is 167 g/mol. The van der Waals surface area contributed by atoms with Crippen LogP contribution in [0.1, 0.15) is 0 Å². The summed E-state index contributed by atoms with van der Waals surface area (Å²) in [4.78, 5) is 8.42. The number of likely N-dealkylation sites (N-methyl/N-ethyl adjacent to an activating group) is 1. The summed E-state index contributed by atoms with van der Waals surface area (Å²) in [5.41, 5.74) is 0. The van der Waals surface area contributed by atoms with Gasteiger partial charge in [0.25, 0.3) is 0 Å². The van der Waals surface area contributed by atoms with Crippen molar-refractivity contribution >= 4 is 5.88 Å². The van der Waals surface area contributed by atoms with Gasteiger partial charge < -0.3 is 14.2 Å². The molecule has 1 fully saturated rings. The van der Waals surface area contributed by atoms with E-state index in [1.807, 2.05) is 0 Å². The molecule has 0 unspecified atom stereocenters. The summed E-state index contributed by atoms with van der Waals surface area (Å²) in [6.07, 6.45) is 3.25. The minimum Gasteiger partial charge on any atom is -0.428 e. The lowest BCUT2D eigenvalue weighted by Gasteiger charge is -2.31. The standard InChI is InChI=1S/C8H13N3O/c1-10-2-4-11(5-3-10)8-6-9-7-12-8/h6-7H,2-5H2,1H3. The number of hydrogen-bond acceptors (Lipinski definition) is 4. The Balaban J connectivity index is 1.99. The lowest BCUT2D eigenvalue weighted by atomic mass is 10.3. The highest BCUT2D eigenvalue weighted by molar-refractivity contribution is 5.32. The van der Waals surface area contributed by atoms with E-state index in [1.54, 1.807) is 6.20 Å². The maximum absolute atomic E-state index is 5.20. The van der Waals surface area contributed by atoms with E-state index in [-0.39, 0.29) is 0 Å². The van der Waals surface area contributed by atoms with Gasteiger partial charge in [-0.25, -0.2) is 4.98 Å². The molecule has 0 bridgehead atoms. The van der Waals surface area contributed by atoms with Gasteiger partial charge in [-0.1, -0.05) is 0 Å². The number of hydrogen-bond donors (Lipinski definition) is 0. The van der Waals surface area contributed by atoms with Gasteiger partial charge in [0.1, 0.15) is 0 Å². The van der Waals surface area contributed by atoms with Crippen LogP contribution in [-0.4, -0.2) is 43.1 Å². The Labute approximate surface area is 71.8 Å². The highest BCUT2D eigenvalue weighted by Gasteiger charge is 2.15. The Morgan fingerprint density at radius 2 is 2.08 bits per heavy atom. The first-order valence-electron chi connectivity index (χ1n) is 4.18. The minimum absolute atomic E-state index is 0.892. The van der Waals surface area contributed by atoms with Crippen molar-refractivity contribution in [2.75, 3.05) is 38.1 Å². The molecule has 2 heterocycles. The molecule has 0 amide bonds. The first-order chi connectivity index (χ1) is 5.86. The van der Waals surface area contributed by atoms with Crippen molar-refractivity contribution in [3.8, 4) is 0 Å². The van der Waals surface area contributed by atoms with Crippen molar-refractivity contribution in [1.29, 1.82) is 0 Å². The molecule has 1 aromatic heterocycles. The molecular formula is C8H13N3O. The van der Waals surface area contributed by atoms with Crippen molar-refractivity contribution in [2.45, 2.75) is 0 Å². The summed E-state index contributed by atoms with van der Waals surface area (Å²) in [7, 11) is 2.14. The van der Waals surface area contributed by atoms with Crippen LogP contribution in [0.25, 0.3) is 0 Å². The Morgan fingerprint density at radius 1 is 1.33 bits per heavy atom. The normalized spacial score (nSPS) is 19.9. The third-order valence-electron chi connectivity index (χ3n) is 2.23. The first-order valence-corrected chi connectivity index (χ1v) is 4.18. The largest absolute Gasteiger partial charge is 0.428 e. The zero-order valence-corrected chi connectivity index (χ0v) is 7.23. The van der Waals surface area contributed by atoms with E-state index in [0.717, 1.165) is 32.1 Å². The molecule has 1 aliphatic heterocycles. The fraction of sp³-hybridized carbons (Fsp3) is 0.625. The lowest BCUT2D eigenvalue weighted by Crippen LogP contribution is -2.44. The van der Waals surface area contributed by atoms with Crippen molar-refractivity contribution in [2.24, 2.45) is 0 Å². The van der Waals surface area contributed by atoms with Crippen LogP contribution in [0.15, 0.2) is 17.0 Å². The summed E-state index contributed by atoms with van der Waals surface area (Å²) < 4.78 is 5.20. The predicted octanol–water partition coefficient (Wildman–Crippen LogP) is 0.426. The highest BCUT2D eigenvalue weighted by Crippen LogP contribution is 2.13. The second-order valence-electron chi connectivity index (χ2n) is 3.13. The Morgan fingerprint density at radius 3 is 2.67 bits per heavy atom. The summed E-state index contributed by atoms with van der Waals surface area (Å²) in [6.45, 7) is 4.26. The topological polar surface area (TPSA) is 32.5 Å². The SMILES string of the molecule is CN1CCN(c2cnco2)CC1. The molecule has 0 saturated carbocycles. The van der Waals surface area contributed by atoms with Gasteiger partial charge in [0.15, 0.2) is 6.39 Å². The molecule has 0 atom stereocenters. The van der Waals surface area contributed by atoms with Crippen LogP contribution in [0, 0.1) is 0 Å². The Bertz CT molecular complexity index is 226. The zero-order valence-electron chi connectivity index (χ0n) is 7.23. The molecule has 1 saturated heterocycles. The van der Waals surface area contributed by atoms with Crippen molar-refractivity contribution in [3.05, 3.63) is 12.6 Å². The maximum atomic E-state index is 5.20. The minimum atomic E-state index is 0.892. The summed E-state index contributed by atoms with van der Waals surface area (Å²) in [5.74, 6) is 0.892. The van der Waals surface area contributed by atoms with Gasteiger partial charge in [0.2, 0.25) is 5.88 Å². The second kappa shape index (κ2) is 3.15. The van der Waals surface area contributed by atoms with E-state index in [2.05, 4.69) is 21.8 Å². The fourth-order valence-electron chi connectivity index (χ4n) is 1.39. The van der Waals surface area contributed by atoms with E-state index in [9.17, 15) is 0 Å². The van der Waals surface area contributed by atoms with E-state index >= 15 is 0 Å². The van der Waals surface area contributed by atoms with Crippen molar-refractivity contribution in [1.82, 2.24) is 9.88 Å². The van der Waals surface area contributed by atoms with Crippen LogP contribution in [-0.2, 0) is 0 Å². The molecule has 0 spiro atoms. The van der Waals surface area contributed by atoms with Gasteiger partial charge in [0, 0.05) is 26.2 Å². The number of oxazole rings is 1. The molecule has 0 aliphatic carbocycles. The summed E-state index contributed by atoms with van der Waals surface area (Å²) in [5, 5.41) is 0. The molecule has 0 radical (unpaired) electrons. The molecule has 1 aliphatic rings. The summed E-state index contributed by atoms with van der Waals surface area (Å²) in [6, 6.07) is 0. The lowest BCUT2D eigenvalue weighted by molar-refractivity contribution is 0.306. The second-order valence-corrected chi connectivity index (χ2v) is 3.13. The Hall–Kier alpha value is -1.03. The average molecular weight is 167 g/mol. The van der Waals surface area contributed by atoms with Gasteiger partial charge in [-0.3, -0.25) is 0 Å². The van der Waals surface area contributed by atoms with Crippen molar-refractivity contribution in [3.63, 3.8) is 0 Å². The number of piperazine rings is 1. The van der Waals surface area contributed by atoms with Gasteiger partial charge in [-0.05, 0) is 7.05 Å². The molecule has 4 nitrogen and oxygen atoms in total. The molecule has 12 heavy (non-hydrogen) atoms. The zero-order chi connectivity index (χ0) is 8.39. The smallest absolute Gasteiger partial charge is 0.216 e. The van der Waals surface area contributed by atoms with E-state index in [1.165, 1.54) is 6.39 Å². The average Bonchev–Trinajstić information content (AvgIpc) is 2.58. The van der Waals surface area contributed by atoms with Crippen LogP contribution in [0.5, 0.6) is 0 Å². The van der Waals surface area contributed by atoms with E-state index in [4.69, 9.17) is 4.42 Å². The van der Waals surface area contributed by atoms with Crippen LogP contribution in [0.3, 0.4) is 0 Å².